The Kier molecular flexibility index (Phi) is 15.7. The van der Waals surface area contributed by atoms with Crippen molar-refractivity contribution in [3.05, 3.63) is 0 Å². The Morgan fingerprint density at radius 1 is 0.828 bits per heavy atom. The van der Waals surface area contributed by atoms with Crippen LogP contribution in [0.4, 0.5) is 0 Å². The summed E-state index contributed by atoms with van der Waals surface area (Å²) in [7, 11) is -11.8. The molecule has 0 amide bonds. The number of carbonyl (C=O) groups excluding carboxylic acids is 2. The topological polar surface area (TPSA) is 175 Å². The standard InChI is InChI=1S/C16H30O10S2.Na/c1-2-3-4-5-6-7-8-9-10-11-12-26-15(19)16(13-14(17)18,27(20,21)22)28(23,24)25;/h2-13H2,1H3,(H,17,18)(H,20,21,22)(H,23,24,25);/q;+1/p-1. The first-order valence-corrected chi connectivity index (χ1v) is 12.1. The zero-order valence-corrected chi connectivity index (χ0v) is 20.6. The first-order valence-electron chi connectivity index (χ1n) is 9.21. The van der Waals surface area contributed by atoms with Crippen LogP contribution < -0.4 is 34.7 Å². The van der Waals surface area contributed by atoms with E-state index in [-0.39, 0.29) is 36.0 Å². The number of esters is 1. The summed E-state index contributed by atoms with van der Waals surface area (Å²) in [5.74, 6) is -4.37. The molecule has 0 aliphatic rings. The maximum absolute atomic E-state index is 12.0. The van der Waals surface area contributed by atoms with Gasteiger partial charge < -0.3 is 14.6 Å². The maximum atomic E-state index is 12.0. The first-order chi connectivity index (χ1) is 12.9. The van der Waals surface area contributed by atoms with E-state index in [0.717, 1.165) is 25.7 Å². The summed E-state index contributed by atoms with van der Waals surface area (Å²) in [6, 6.07) is 0. The fraction of sp³-hybridized carbons (Fsp3) is 0.875. The fourth-order valence-electron chi connectivity index (χ4n) is 2.65. The van der Waals surface area contributed by atoms with Crippen molar-refractivity contribution < 1.29 is 74.9 Å². The molecule has 29 heavy (non-hydrogen) atoms. The van der Waals surface area contributed by atoms with Crippen molar-refractivity contribution in [1.82, 2.24) is 0 Å². The third-order valence-electron chi connectivity index (χ3n) is 4.25. The van der Waals surface area contributed by atoms with Crippen LogP contribution in [0.3, 0.4) is 0 Å². The zero-order valence-electron chi connectivity index (χ0n) is 17.0. The van der Waals surface area contributed by atoms with E-state index in [4.69, 9.17) is 9.11 Å². The number of aliphatic carboxylic acids is 1. The van der Waals surface area contributed by atoms with Gasteiger partial charge in [0, 0.05) is 12.4 Å². The van der Waals surface area contributed by atoms with Crippen LogP contribution in [0.5, 0.6) is 0 Å². The van der Waals surface area contributed by atoms with Crippen LogP contribution in [0.25, 0.3) is 0 Å². The number of hydrogen-bond acceptors (Lipinski definition) is 8. The molecule has 0 rings (SSSR count). The second-order valence-electron chi connectivity index (χ2n) is 6.57. The largest absolute Gasteiger partial charge is 1.00 e. The van der Waals surface area contributed by atoms with Crippen LogP contribution >= 0.6 is 0 Å². The summed E-state index contributed by atoms with van der Waals surface area (Å²) in [6.07, 6.45) is 7.66. The van der Waals surface area contributed by atoms with Crippen LogP contribution in [-0.4, -0.2) is 48.6 Å². The van der Waals surface area contributed by atoms with Crippen molar-refractivity contribution in [2.24, 2.45) is 0 Å². The van der Waals surface area contributed by atoms with Gasteiger partial charge in [0.1, 0.15) is 0 Å². The van der Waals surface area contributed by atoms with Crippen molar-refractivity contribution in [1.29, 1.82) is 0 Å². The predicted molar refractivity (Wildman–Crippen MR) is 98.3 cm³/mol. The Morgan fingerprint density at radius 2 is 1.21 bits per heavy atom. The summed E-state index contributed by atoms with van der Waals surface area (Å²) in [5, 5.41) is 10.7. The SMILES string of the molecule is CCCCCCCCCCCCOC(=O)C(CC(=O)[O-])(S(=O)(=O)O)S(=O)(=O)O.[Na+]. The van der Waals surface area contributed by atoms with Gasteiger partial charge in [0.25, 0.3) is 20.2 Å². The molecular weight excluding hydrogens is 439 g/mol. The molecule has 10 nitrogen and oxygen atoms in total. The van der Waals surface area contributed by atoms with E-state index in [2.05, 4.69) is 11.7 Å². The van der Waals surface area contributed by atoms with E-state index in [1.54, 1.807) is 0 Å². The average molecular weight is 469 g/mol. The van der Waals surface area contributed by atoms with Gasteiger partial charge in [-0.15, -0.1) is 0 Å². The predicted octanol–water partition coefficient (Wildman–Crippen LogP) is -1.93. The number of carbonyl (C=O) groups is 2. The Bertz CT molecular complexity index is 671. The molecular formula is C16H29NaO10S2. The summed E-state index contributed by atoms with van der Waals surface area (Å²) in [5.41, 5.74) is 0. The average Bonchev–Trinajstić information content (AvgIpc) is 2.54. The van der Waals surface area contributed by atoms with Gasteiger partial charge >= 0.3 is 39.6 Å². The van der Waals surface area contributed by atoms with Crippen molar-refractivity contribution in [2.75, 3.05) is 6.61 Å². The smallest absolute Gasteiger partial charge is 0.550 e. The Labute approximate surface area is 194 Å². The van der Waals surface area contributed by atoms with Gasteiger partial charge in [0.2, 0.25) is 0 Å². The molecule has 0 fully saturated rings. The molecule has 0 aromatic rings. The van der Waals surface area contributed by atoms with Gasteiger partial charge in [-0.25, -0.2) is 4.79 Å². The second-order valence-corrected chi connectivity index (χ2v) is 10.1. The number of ether oxygens (including phenoxy) is 1. The molecule has 0 aromatic carbocycles. The molecule has 166 valence electrons. The number of hydrogen-bond donors (Lipinski definition) is 2. The molecule has 0 saturated carbocycles. The Balaban J connectivity index is 0. The number of carboxylic acids is 1. The van der Waals surface area contributed by atoms with Gasteiger partial charge in [0.05, 0.1) is 6.61 Å². The van der Waals surface area contributed by atoms with E-state index in [9.17, 15) is 31.5 Å². The minimum Gasteiger partial charge on any atom is -0.550 e. The van der Waals surface area contributed by atoms with Crippen molar-refractivity contribution in [2.45, 2.75) is 81.6 Å². The maximum Gasteiger partial charge on any atom is 1.00 e. The van der Waals surface area contributed by atoms with E-state index in [1.807, 2.05) is 0 Å². The van der Waals surface area contributed by atoms with Gasteiger partial charge in [0.15, 0.2) is 0 Å². The fourth-order valence-corrected chi connectivity index (χ4v) is 4.86. The van der Waals surface area contributed by atoms with Gasteiger partial charge in [-0.1, -0.05) is 64.7 Å². The van der Waals surface area contributed by atoms with E-state index in [1.165, 1.54) is 25.7 Å². The van der Waals surface area contributed by atoms with E-state index < -0.39 is 49.3 Å². The first kappa shape index (κ1) is 30.9. The third-order valence-corrected chi connectivity index (χ3v) is 7.80. The molecule has 0 atom stereocenters. The van der Waals surface area contributed by atoms with Crippen molar-refractivity contribution in [3.8, 4) is 0 Å². The van der Waals surface area contributed by atoms with Gasteiger partial charge in [-0.3, -0.25) is 9.11 Å². The number of unbranched alkanes of at least 4 members (excludes halogenated alkanes) is 9. The molecule has 0 bridgehead atoms. The van der Waals surface area contributed by atoms with Crippen LogP contribution in [-0.2, 0) is 34.6 Å². The summed E-state index contributed by atoms with van der Waals surface area (Å²) in [6.45, 7) is 1.75. The molecule has 0 radical (unpaired) electrons. The van der Waals surface area contributed by atoms with E-state index >= 15 is 0 Å². The van der Waals surface area contributed by atoms with Crippen LogP contribution in [0.15, 0.2) is 0 Å². The normalized spacial score (nSPS) is 12.2. The molecule has 0 spiro atoms. The van der Waals surface area contributed by atoms with Crippen LogP contribution in [0.1, 0.15) is 77.6 Å². The van der Waals surface area contributed by atoms with Crippen LogP contribution in [0.2, 0.25) is 0 Å². The zero-order chi connectivity index (χ0) is 21.8. The monoisotopic (exact) mass is 468 g/mol. The third kappa shape index (κ3) is 10.6. The quantitative estimate of drug-likeness (QED) is 0.112. The summed E-state index contributed by atoms with van der Waals surface area (Å²) >= 11 is 0. The molecule has 13 heteroatoms. The Hall–Kier alpha value is -0.240. The minimum atomic E-state index is -5.88. The molecule has 0 unspecified atom stereocenters. The summed E-state index contributed by atoms with van der Waals surface area (Å²) < 4.78 is 64.3. The van der Waals surface area contributed by atoms with Crippen molar-refractivity contribution >= 4 is 32.2 Å². The minimum absolute atomic E-state index is 0. The Morgan fingerprint density at radius 3 is 1.55 bits per heavy atom. The van der Waals surface area contributed by atoms with Gasteiger partial charge in [-0.05, 0) is 6.42 Å². The molecule has 0 aliphatic carbocycles. The van der Waals surface area contributed by atoms with Crippen molar-refractivity contribution in [3.63, 3.8) is 0 Å². The molecule has 0 heterocycles. The van der Waals surface area contributed by atoms with Crippen LogP contribution in [0, 0.1) is 0 Å². The number of carboxylic acid groups (broad SMARTS) is 1. The van der Waals surface area contributed by atoms with E-state index in [0.29, 0.717) is 6.42 Å². The summed E-state index contributed by atoms with van der Waals surface area (Å²) in [4.78, 5) is 22.7. The molecule has 2 N–H and O–H groups in total. The van der Waals surface area contributed by atoms with Gasteiger partial charge in [-0.2, -0.15) is 16.8 Å². The second kappa shape index (κ2) is 14.7. The molecule has 0 aromatic heterocycles. The number of rotatable bonds is 16. The molecule has 0 saturated heterocycles. The molecule has 0 aliphatic heterocycles.